The van der Waals surface area contributed by atoms with Crippen LogP contribution in [0.1, 0.15) is 19.8 Å². The van der Waals surface area contributed by atoms with Crippen molar-refractivity contribution < 1.29 is 4.74 Å². The van der Waals surface area contributed by atoms with E-state index >= 15 is 0 Å². The number of hydrogen-bond acceptors (Lipinski definition) is 3. The van der Waals surface area contributed by atoms with E-state index in [0.29, 0.717) is 12.0 Å². The Morgan fingerprint density at radius 1 is 1.44 bits per heavy atom. The van der Waals surface area contributed by atoms with Crippen molar-refractivity contribution in [2.45, 2.75) is 25.8 Å². The molecule has 0 saturated carbocycles. The standard InChI is InChI=1S/C12H17BrN2O/c1-9(10-2-4-16-5-3-10)15-12-6-11(13)7-14-8-12/h6-10,15H,2-5H2,1H3. The van der Waals surface area contributed by atoms with Crippen LogP contribution in [0.5, 0.6) is 0 Å². The molecule has 0 radical (unpaired) electrons. The number of nitrogens with zero attached hydrogens (tertiary/aromatic N) is 1. The fourth-order valence-corrected chi connectivity index (χ4v) is 2.45. The molecule has 1 atom stereocenters. The van der Waals surface area contributed by atoms with Crippen LogP contribution in [0.4, 0.5) is 5.69 Å². The van der Waals surface area contributed by atoms with Gasteiger partial charge in [0.25, 0.3) is 0 Å². The van der Waals surface area contributed by atoms with Crippen LogP contribution in [-0.4, -0.2) is 24.2 Å². The summed E-state index contributed by atoms with van der Waals surface area (Å²) in [6.07, 6.45) is 5.95. The number of rotatable bonds is 3. The number of anilines is 1. The van der Waals surface area contributed by atoms with Crippen molar-refractivity contribution in [1.82, 2.24) is 4.98 Å². The van der Waals surface area contributed by atoms with E-state index in [4.69, 9.17) is 4.74 Å². The molecule has 0 aliphatic carbocycles. The van der Waals surface area contributed by atoms with Crippen molar-refractivity contribution in [1.29, 1.82) is 0 Å². The van der Waals surface area contributed by atoms with Gasteiger partial charge in [-0.05, 0) is 47.7 Å². The van der Waals surface area contributed by atoms with Gasteiger partial charge in [0, 0.05) is 29.9 Å². The van der Waals surface area contributed by atoms with Gasteiger partial charge in [-0.3, -0.25) is 4.98 Å². The van der Waals surface area contributed by atoms with Gasteiger partial charge in [0.15, 0.2) is 0 Å². The summed E-state index contributed by atoms with van der Waals surface area (Å²) in [4.78, 5) is 4.15. The lowest BCUT2D eigenvalue weighted by atomic mass is 9.93. The van der Waals surface area contributed by atoms with Crippen molar-refractivity contribution >= 4 is 21.6 Å². The maximum atomic E-state index is 5.37. The second-order valence-electron chi connectivity index (χ2n) is 4.27. The highest BCUT2D eigenvalue weighted by molar-refractivity contribution is 9.10. The number of hydrogen-bond donors (Lipinski definition) is 1. The Balaban J connectivity index is 1.93. The van der Waals surface area contributed by atoms with Crippen LogP contribution >= 0.6 is 15.9 Å². The van der Waals surface area contributed by atoms with Gasteiger partial charge in [0.05, 0.1) is 11.9 Å². The molecule has 4 heteroatoms. The molecule has 0 spiro atoms. The fraction of sp³-hybridized carbons (Fsp3) is 0.583. The van der Waals surface area contributed by atoms with E-state index in [2.05, 4.69) is 39.2 Å². The molecule has 0 bridgehead atoms. The van der Waals surface area contributed by atoms with Gasteiger partial charge in [-0.2, -0.15) is 0 Å². The number of pyridine rings is 1. The number of halogens is 1. The summed E-state index contributed by atoms with van der Waals surface area (Å²) in [6.45, 7) is 4.03. The third-order valence-corrected chi connectivity index (χ3v) is 3.51. The molecule has 2 heterocycles. The molecule has 1 saturated heterocycles. The molecule has 1 N–H and O–H groups in total. The van der Waals surface area contributed by atoms with E-state index in [1.807, 2.05) is 6.20 Å². The summed E-state index contributed by atoms with van der Waals surface area (Å²) in [5.41, 5.74) is 1.08. The molecule has 1 aromatic heterocycles. The van der Waals surface area contributed by atoms with Crippen molar-refractivity contribution in [3.8, 4) is 0 Å². The Labute approximate surface area is 105 Å². The monoisotopic (exact) mass is 284 g/mol. The van der Waals surface area contributed by atoms with Crippen LogP contribution in [0, 0.1) is 5.92 Å². The lowest BCUT2D eigenvalue weighted by Gasteiger charge is -2.29. The van der Waals surface area contributed by atoms with Crippen molar-refractivity contribution in [3.63, 3.8) is 0 Å². The smallest absolute Gasteiger partial charge is 0.0540 e. The van der Waals surface area contributed by atoms with Gasteiger partial charge < -0.3 is 10.1 Å². The summed E-state index contributed by atoms with van der Waals surface area (Å²) in [5.74, 6) is 0.702. The number of ether oxygens (including phenoxy) is 1. The zero-order valence-corrected chi connectivity index (χ0v) is 11.0. The molecule has 2 rings (SSSR count). The Morgan fingerprint density at radius 3 is 2.88 bits per heavy atom. The van der Waals surface area contributed by atoms with Crippen LogP contribution < -0.4 is 5.32 Å². The molecule has 1 fully saturated rings. The molecule has 3 nitrogen and oxygen atoms in total. The average molecular weight is 285 g/mol. The quantitative estimate of drug-likeness (QED) is 0.926. The zero-order chi connectivity index (χ0) is 11.4. The lowest BCUT2D eigenvalue weighted by Crippen LogP contribution is -2.30. The van der Waals surface area contributed by atoms with Crippen LogP contribution in [-0.2, 0) is 4.74 Å². The summed E-state index contributed by atoms with van der Waals surface area (Å²) in [5, 5.41) is 3.50. The highest BCUT2D eigenvalue weighted by atomic mass is 79.9. The predicted octanol–water partition coefficient (Wildman–Crippen LogP) is 3.07. The first-order valence-corrected chi connectivity index (χ1v) is 6.50. The number of nitrogens with one attached hydrogen (secondary N) is 1. The molecule has 0 aromatic carbocycles. The first-order chi connectivity index (χ1) is 7.75. The van der Waals surface area contributed by atoms with Crippen molar-refractivity contribution in [2.24, 2.45) is 5.92 Å². The molecular formula is C12H17BrN2O. The molecule has 88 valence electrons. The van der Waals surface area contributed by atoms with E-state index in [1.54, 1.807) is 6.20 Å². The van der Waals surface area contributed by atoms with Crippen LogP contribution in [0.2, 0.25) is 0 Å². The van der Waals surface area contributed by atoms with Crippen LogP contribution in [0.25, 0.3) is 0 Å². The molecular weight excluding hydrogens is 268 g/mol. The Hall–Kier alpha value is -0.610. The minimum Gasteiger partial charge on any atom is -0.381 e. The Morgan fingerprint density at radius 2 is 2.19 bits per heavy atom. The van der Waals surface area contributed by atoms with Gasteiger partial charge in [-0.15, -0.1) is 0 Å². The van der Waals surface area contributed by atoms with Gasteiger partial charge >= 0.3 is 0 Å². The van der Waals surface area contributed by atoms with E-state index < -0.39 is 0 Å². The Bertz CT molecular complexity index is 340. The maximum Gasteiger partial charge on any atom is 0.0540 e. The van der Waals surface area contributed by atoms with Gasteiger partial charge in [0.2, 0.25) is 0 Å². The summed E-state index contributed by atoms with van der Waals surface area (Å²) >= 11 is 3.43. The summed E-state index contributed by atoms with van der Waals surface area (Å²) in [7, 11) is 0. The summed E-state index contributed by atoms with van der Waals surface area (Å²) < 4.78 is 6.38. The van der Waals surface area contributed by atoms with Crippen molar-refractivity contribution in [3.05, 3.63) is 22.9 Å². The van der Waals surface area contributed by atoms with Gasteiger partial charge in [0.1, 0.15) is 0 Å². The SMILES string of the molecule is CC(Nc1cncc(Br)c1)C1CCOCC1. The fourth-order valence-electron chi connectivity index (χ4n) is 2.09. The zero-order valence-electron chi connectivity index (χ0n) is 9.45. The van der Waals surface area contributed by atoms with Crippen LogP contribution in [0.15, 0.2) is 22.9 Å². The molecule has 16 heavy (non-hydrogen) atoms. The lowest BCUT2D eigenvalue weighted by molar-refractivity contribution is 0.0622. The Kier molecular flexibility index (Phi) is 4.18. The first kappa shape index (κ1) is 11.9. The molecule has 1 aliphatic heterocycles. The largest absolute Gasteiger partial charge is 0.381 e. The third kappa shape index (κ3) is 3.19. The topological polar surface area (TPSA) is 34.2 Å². The second-order valence-corrected chi connectivity index (χ2v) is 5.19. The molecule has 1 aromatic rings. The van der Waals surface area contributed by atoms with E-state index in [-0.39, 0.29) is 0 Å². The molecule has 0 amide bonds. The third-order valence-electron chi connectivity index (χ3n) is 3.07. The normalized spacial score (nSPS) is 19.4. The minimum atomic E-state index is 0.472. The first-order valence-electron chi connectivity index (χ1n) is 5.70. The second kappa shape index (κ2) is 5.64. The average Bonchev–Trinajstić information content (AvgIpc) is 2.30. The van der Waals surface area contributed by atoms with Gasteiger partial charge in [-0.1, -0.05) is 0 Å². The van der Waals surface area contributed by atoms with Crippen LogP contribution in [0.3, 0.4) is 0 Å². The van der Waals surface area contributed by atoms with E-state index in [0.717, 1.165) is 36.2 Å². The number of aromatic nitrogens is 1. The van der Waals surface area contributed by atoms with Gasteiger partial charge in [-0.25, -0.2) is 0 Å². The highest BCUT2D eigenvalue weighted by Gasteiger charge is 2.20. The van der Waals surface area contributed by atoms with E-state index in [9.17, 15) is 0 Å². The molecule has 1 aliphatic rings. The predicted molar refractivity (Wildman–Crippen MR) is 68.6 cm³/mol. The minimum absolute atomic E-state index is 0.472. The summed E-state index contributed by atoms with van der Waals surface area (Å²) in [6, 6.07) is 2.53. The molecule has 1 unspecified atom stereocenters. The van der Waals surface area contributed by atoms with E-state index in [1.165, 1.54) is 0 Å². The maximum absolute atomic E-state index is 5.37. The highest BCUT2D eigenvalue weighted by Crippen LogP contribution is 2.22. The van der Waals surface area contributed by atoms with Crippen molar-refractivity contribution in [2.75, 3.05) is 18.5 Å².